The van der Waals surface area contributed by atoms with Gasteiger partial charge in [0.15, 0.2) is 5.75 Å². The van der Waals surface area contributed by atoms with Crippen molar-refractivity contribution in [2.75, 3.05) is 13.2 Å². The third-order valence-electron chi connectivity index (χ3n) is 15.8. The molecule has 3 aromatic heterocycles. The normalized spacial score (nSPS) is 12.4. The molecule has 0 atom stereocenters. The number of aromatic nitrogens is 3. The van der Waals surface area contributed by atoms with Crippen LogP contribution in [0.1, 0.15) is 160 Å². The first kappa shape index (κ1) is 72.2. The SMILES string of the molecule is CC#N.CC#N.CC#N.CCOCC.Cc1cc(C)c(C2=N/C(=C(\c3ccc(-c4c(C)cc(C)cc4C)[n-]3)c3cccc4c3Oc3c([C+](c5ccc(-c6c(C)cc(C)cc6C)[n-]5)c5ccc(-c6c(C)cc(C)cc6C)[n-]5)cccc3C4(C)C)C=C2)c(C)c1.[Cu+].[Cu+]. The Bertz CT molecular complexity index is 4050. The Labute approximate surface area is 557 Å². The molecule has 0 amide bonds. The van der Waals surface area contributed by atoms with E-state index in [0.717, 1.165) is 126 Å². The van der Waals surface area contributed by atoms with Gasteiger partial charge < -0.3 is 24.4 Å². The van der Waals surface area contributed by atoms with E-state index in [1.807, 2.05) is 13.8 Å². The van der Waals surface area contributed by atoms with E-state index in [0.29, 0.717) is 0 Å². The van der Waals surface area contributed by atoms with Crippen LogP contribution in [-0.2, 0) is 44.3 Å². The van der Waals surface area contributed by atoms with Crippen LogP contribution >= 0.6 is 0 Å². The molecule has 6 aromatic carbocycles. The van der Waals surface area contributed by atoms with E-state index < -0.39 is 5.41 Å². The van der Waals surface area contributed by atoms with Gasteiger partial charge in [-0.2, -0.15) is 15.8 Å². The summed E-state index contributed by atoms with van der Waals surface area (Å²) in [6.07, 6.45) is 4.32. The number of nitrogens with zero attached hydrogens (tertiary/aromatic N) is 7. The number of fused-ring (bicyclic) bond motifs is 2. The summed E-state index contributed by atoms with van der Waals surface area (Å²) in [5, 5.41) is 22.0. The average molecular weight is 1290 g/mol. The first-order chi connectivity index (χ1) is 42.0. The third kappa shape index (κ3) is 15.5. The fraction of sp³-hybridized carbons (Fsp3) is 0.278. The Morgan fingerprint density at radius 3 is 1.26 bits per heavy atom. The molecule has 468 valence electrons. The monoisotopic (exact) mass is 1290 g/mol. The summed E-state index contributed by atoms with van der Waals surface area (Å²) < 4.78 is 12.5. The van der Waals surface area contributed by atoms with Gasteiger partial charge in [-0.15, -0.1) is 22.8 Å². The minimum absolute atomic E-state index is 0. The molecular weight excluding hydrogens is 1210 g/mol. The standard InChI is InChI=1S/C69H64N4O.C4H10O.3C2H3N.2Cu/c1-37-29-41(5)61(42(6)30-37)53-21-25-57(70-53)65(58-26-22-54(71-58)62-43(7)31-38(2)32-44(62)8)49-17-15-19-51-67(49)74-68-50(18-16-20-52(68)69(51,13)14)66(59-27-23-55(72-59)63-45(9)33-39(3)34-46(63)10)60-28-24-56(73-60)64-47(11)35-40(4)36-48(64)12;1-3-5-4-2;3*1-2-3;;/h15-36H,1-14H3;3-4H2,1-2H3;3*1H3;;/q-2;;;;;2*+1/b65-57-;;;;;;. The fourth-order valence-electron chi connectivity index (χ4n) is 12.8. The summed E-state index contributed by atoms with van der Waals surface area (Å²) >= 11 is 0. The molecule has 0 bridgehead atoms. The smallest absolute Gasteiger partial charge is 0.657 e. The number of para-hydroxylation sites is 2. The number of aliphatic imine (C=N–C) groups is 1. The largest absolute Gasteiger partial charge is 1.00 e. The van der Waals surface area contributed by atoms with Crippen molar-refractivity contribution in [3.8, 4) is 63.5 Å². The molecule has 0 unspecified atom stereocenters. The Kier molecular flexibility index (Phi) is 25.5. The van der Waals surface area contributed by atoms with Crippen LogP contribution in [0.15, 0.2) is 144 Å². The first-order valence-electron chi connectivity index (χ1n) is 30.1. The molecule has 0 fully saturated rings. The van der Waals surface area contributed by atoms with Crippen LogP contribution in [0.3, 0.4) is 0 Å². The van der Waals surface area contributed by atoms with Crippen molar-refractivity contribution in [2.24, 2.45) is 4.99 Å². The van der Waals surface area contributed by atoms with E-state index >= 15 is 0 Å². The predicted octanol–water partition coefficient (Wildman–Crippen LogP) is 19.2. The van der Waals surface area contributed by atoms with Crippen LogP contribution in [-0.4, -0.2) is 18.9 Å². The van der Waals surface area contributed by atoms with E-state index in [1.54, 1.807) is 18.2 Å². The minimum Gasteiger partial charge on any atom is -0.657 e. The van der Waals surface area contributed by atoms with Crippen molar-refractivity contribution in [2.45, 2.75) is 137 Å². The van der Waals surface area contributed by atoms with Crippen molar-refractivity contribution < 1.29 is 43.6 Å². The fourth-order valence-corrected chi connectivity index (χ4v) is 12.8. The van der Waals surface area contributed by atoms with E-state index in [4.69, 9.17) is 45.2 Å². The van der Waals surface area contributed by atoms with E-state index in [2.05, 4.69) is 230 Å². The molecule has 9 nitrogen and oxygen atoms in total. The Balaban J connectivity index is 0.000000841. The number of ether oxygens (including phenoxy) is 2. The number of rotatable bonds is 11. The van der Waals surface area contributed by atoms with Crippen LogP contribution < -0.4 is 19.7 Å². The van der Waals surface area contributed by atoms with Gasteiger partial charge in [-0.25, -0.2) is 4.99 Å². The third-order valence-corrected chi connectivity index (χ3v) is 15.8. The van der Waals surface area contributed by atoms with Crippen molar-refractivity contribution in [3.63, 3.8) is 0 Å². The first-order valence-corrected chi connectivity index (χ1v) is 30.1. The zero-order chi connectivity index (χ0) is 64.3. The summed E-state index contributed by atoms with van der Waals surface area (Å²) in [5.41, 5.74) is 30.9. The van der Waals surface area contributed by atoms with E-state index in [-0.39, 0.29) is 34.1 Å². The molecule has 9 aromatic rings. The Hall–Kier alpha value is -8.55. The number of aryl methyl sites for hydroxylation is 12. The molecule has 0 N–H and O–H groups in total. The minimum atomic E-state index is -0.478. The van der Waals surface area contributed by atoms with Crippen molar-refractivity contribution >= 4 is 11.3 Å². The van der Waals surface area contributed by atoms with Gasteiger partial charge in [-0.3, -0.25) is 0 Å². The quantitative estimate of drug-likeness (QED) is 0.0919. The van der Waals surface area contributed by atoms with E-state index in [1.165, 1.54) is 87.5 Å². The maximum Gasteiger partial charge on any atom is 1.00 e. The van der Waals surface area contributed by atoms with Gasteiger partial charge in [-0.05, 0) is 212 Å². The molecule has 11 heteroatoms. The number of allylic oxidation sites excluding steroid dienone is 2. The molecule has 0 aliphatic carbocycles. The molecule has 5 heterocycles. The van der Waals surface area contributed by atoms with Crippen LogP contribution in [0.5, 0.6) is 11.5 Å². The summed E-state index contributed by atoms with van der Waals surface area (Å²) in [4.78, 5) is 22.0. The van der Waals surface area contributed by atoms with Gasteiger partial charge >= 0.3 is 34.1 Å². The summed E-state index contributed by atoms with van der Waals surface area (Å²) in [5.74, 6) is 2.49. The number of nitriles is 3. The molecule has 2 aliphatic rings. The molecule has 0 radical (unpaired) electrons. The molecule has 0 spiro atoms. The van der Waals surface area contributed by atoms with Gasteiger partial charge in [0.25, 0.3) is 0 Å². The number of benzene rings is 6. The van der Waals surface area contributed by atoms with Gasteiger partial charge in [0.2, 0.25) is 5.75 Å². The van der Waals surface area contributed by atoms with E-state index in [9.17, 15) is 0 Å². The second kappa shape index (κ2) is 31.8. The summed E-state index contributed by atoms with van der Waals surface area (Å²) in [6.45, 7) is 40.7. The summed E-state index contributed by atoms with van der Waals surface area (Å²) in [6, 6.07) is 49.3. The Morgan fingerprint density at radius 1 is 0.489 bits per heavy atom. The molecule has 11 rings (SSSR count). The summed E-state index contributed by atoms with van der Waals surface area (Å²) in [7, 11) is 0. The van der Waals surface area contributed by atoms with Gasteiger partial charge in [0, 0.05) is 73.6 Å². The van der Waals surface area contributed by atoms with Crippen molar-refractivity contribution in [3.05, 3.63) is 257 Å². The van der Waals surface area contributed by atoms with Gasteiger partial charge in [-0.1, -0.05) is 126 Å². The average Bonchev–Trinajstić information content (AvgIpc) is 0.952. The number of hydrogen-bond acceptors (Lipinski definition) is 6. The van der Waals surface area contributed by atoms with Crippen LogP contribution in [0.2, 0.25) is 0 Å². The topological polar surface area (TPSA) is 144 Å². The molecule has 0 saturated carbocycles. The zero-order valence-corrected chi connectivity index (χ0v) is 57.5. The van der Waals surface area contributed by atoms with Gasteiger partial charge in [0.1, 0.15) is 5.56 Å². The van der Waals surface area contributed by atoms with Crippen LogP contribution in [0.25, 0.3) is 39.3 Å². The van der Waals surface area contributed by atoms with Crippen LogP contribution in [0.4, 0.5) is 0 Å². The zero-order valence-electron chi connectivity index (χ0n) is 55.7. The molecule has 90 heavy (non-hydrogen) atoms. The molecule has 2 aliphatic heterocycles. The molecule has 0 saturated heterocycles. The van der Waals surface area contributed by atoms with Gasteiger partial charge in [0.05, 0.1) is 29.6 Å². The van der Waals surface area contributed by atoms with Crippen molar-refractivity contribution in [1.29, 1.82) is 15.8 Å². The van der Waals surface area contributed by atoms with Crippen LogP contribution in [0, 0.1) is 123 Å². The maximum atomic E-state index is 7.64. The maximum absolute atomic E-state index is 7.64. The van der Waals surface area contributed by atoms with Crippen molar-refractivity contribution in [1.82, 2.24) is 15.0 Å². The number of hydrogen-bond donors (Lipinski definition) is 0. The second-order valence-corrected chi connectivity index (χ2v) is 23.3. The second-order valence-electron chi connectivity index (χ2n) is 23.3. The Morgan fingerprint density at radius 2 is 0.856 bits per heavy atom. The predicted molar refractivity (Wildman–Crippen MR) is 362 cm³/mol. The molecular formula is C79H83Cu2N7O2.